The van der Waals surface area contributed by atoms with Gasteiger partial charge in [-0.05, 0) is 26.8 Å². The van der Waals surface area contributed by atoms with Gasteiger partial charge in [-0.2, -0.15) is 0 Å². The van der Waals surface area contributed by atoms with Crippen LogP contribution in [0, 0.1) is 6.92 Å². The van der Waals surface area contributed by atoms with Gasteiger partial charge in [0.05, 0.1) is 5.56 Å². The van der Waals surface area contributed by atoms with Crippen LogP contribution in [-0.4, -0.2) is 27.7 Å². The monoisotopic (exact) mass is 341 g/mol. The van der Waals surface area contributed by atoms with Crippen LogP contribution in [0.3, 0.4) is 0 Å². The van der Waals surface area contributed by atoms with E-state index in [0.29, 0.717) is 11.3 Å². The summed E-state index contributed by atoms with van der Waals surface area (Å²) in [6.07, 6.45) is 0.784. The Morgan fingerprint density at radius 3 is 2.80 bits per heavy atom. The zero-order valence-corrected chi connectivity index (χ0v) is 14.3. The molecule has 7 heteroatoms. The van der Waals surface area contributed by atoms with Crippen LogP contribution in [0.4, 0.5) is 5.82 Å². The molecular weight excluding hydrogens is 322 g/mol. The van der Waals surface area contributed by atoms with Gasteiger partial charge in [-0.25, -0.2) is 4.79 Å². The van der Waals surface area contributed by atoms with Gasteiger partial charge in [-0.3, -0.25) is 4.79 Å². The SMILES string of the molecule is CCn1cc(C(=O)OC(C)C(=O)Nc2cc(C)on2)c2ccccc21. The van der Waals surface area contributed by atoms with Crippen molar-refractivity contribution >= 4 is 28.6 Å². The molecule has 25 heavy (non-hydrogen) atoms. The molecule has 1 unspecified atom stereocenters. The fraction of sp³-hybridized carbons (Fsp3) is 0.278. The second kappa shape index (κ2) is 6.80. The lowest BCUT2D eigenvalue weighted by Gasteiger charge is -2.11. The van der Waals surface area contributed by atoms with Crippen molar-refractivity contribution in [1.29, 1.82) is 0 Å². The van der Waals surface area contributed by atoms with Gasteiger partial charge >= 0.3 is 5.97 Å². The molecule has 0 spiro atoms. The molecule has 2 aromatic heterocycles. The average Bonchev–Trinajstić information content (AvgIpc) is 3.18. The number of anilines is 1. The van der Waals surface area contributed by atoms with E-state index in [-0.39, 0.29) is 5.82 Å². The van der Waals surface area contributed by atoms with Crippen LogP contribution in [0.2, 0.25) is 0 Å². The van der Waals surface area contributed by atoms with Crippen molar-refractivity contribution in [1.82, 2.24) is 9.72 Å². The number of fused-ring (bicyclic) bond motifs is 1. The summed E-state index contributed by atoms with van der Waals surface area (Å²) in [5, 5.41) is 7.03. The summed E-state index contributed by atoms with van der Waals surface area (Å²) in [4.78, 5) is 24.6. The van der Waals surface area contributed by atoms with Crippen molar-refractivity contribution in [2.75, 3.05) is 5.32 Å². The number of carbonyl (C=O) groups is 2. The van der Waals surface area contributed by atoms with Crippen molar-refractivity contribution < 1.29 is 18.8 Å². The van der Waals surface area contributed by atoms with E-state index in [1.165, 1.54) is 6.92 Å². The van der Waals surface area contributed by atoms with E-state index < -0.39 is 18.0 Å². The number of nitrogens with zero attached hydrogens (tertiary/aromatic N) is 2. The van der Waals surface area contributed by atoms with E-state index in [1.807, 2.05) is 35.8 Å². The number of hydrogen-bond acceptors (Lipinski definition) is 5. The second-order valence-electron chi connectivity index (χ2n) is 5.71. The van der Waals surface area contributed by atoms with Crippen LogP contribution in [0.25, 0.3) is 10.9 Å². The number of benzene rings is 1. The van der Waals surface area contributed by atoms with E-state index >= 15 is 0 Å². The molecule has 0 aliphatic carbocycles. The van der Waals surface area contributed by atoms with Crippen LogP contribution in [0.15, 0.2) is 41.1 Å². The molecule has 0 bridgehead atoms. The first-order valence-electron chi connectivity index (χ1n) is 8.02. The fourth-order valence-electron chi connectivity index (χ4n) is 2.60. The number of esters is 1. The van der Waals surface area contributed by atoms with Crippen molar-refractivity contribution in [2.45, 2.75) is 33.4 Å². The van der Waals surface area contributed by atoms with Gasteiger partial charge in [-0.15, -0.1) is 0 Å². The van der Waals surface area contributed by atoms with Crippen molar-refractivity contribution in [3.8, 4) is 0 Å². The van der Waals surface area contributed by atoms with Crippen molar-refractivity contribution in [3.05, 3.63) is 47.9 Å². The minimum atomic E-state index is -0.965. The Morgan fingerprint density at radius 1 is 1.36 bits per heavy atom. The summed E-state index contributed by atoms with van der Waals surface area (Å²) in [6, 6.07) is 9.17. The first-order valence-corrected chi connectivity index (χ1v) is 8.02. The van der Waals surface area contributed by atoms with Crippen molar-refractivity contribution in [3.63, 3.8) is 0 Å². The zero-order valence-electron chi connectivity index (χ0n) is 14.3. The van der Waals surface area contributed by atoms with Crippen LogP contribution >= 0.6 is 0 Å². The molecule has 0 aliphatic heterocycles. The molecule has 1 aromatic carbocycles. The lowest BCUT2D eigenvalue weighted by molar-refractivity contribution is -0.123. The Balaban J connectivity index is 1.74. The van der Waals surface area contributed by atoms with Crippen LogP contribution in [-0.2, 0) is 16.1 Å². The summed E-state index contributed by atoms with van der Waals surface area (Å²) < 4.78 is 12.2. The minimum absolute atomic E-state index is 0.285. The normalized spacial score (nSPS) is 12.1. The fourth-order valence-corrected chi connectivity index (χ4v) is 2.60. The third kappa shape index (κ3) is 3.40. The third-order valence-corrected chi connectivity index (χ3v) is 3.88. The Morgan fingerprint density at radius 2 is 2.12 bits per heavy atom. The summed E-state index contributed by atoms with van der Waals surface area (Å²) >= 11 is 0. The van der Waals surface area contributed by atoms with Gasteiger partial charge < -0.3 is 19.1 Å². The number of ether oxygens (including phenoxy) is 1. The molecule has 3 aromatic rings. The predicted octanol–water partition coefficient (Wildman–Crippen LogP) is 3.14. The largest absolute Gasteiger partial charge is 0.449 e. The lowest BCUT2D eigenvalue weighted by atomic mass is 10.2. The van der Waals surface area contributed by atoms with E-state index in [0.717, 1.165) is 17.4 Å². The highest BCUT2D eigenvalue weighted by atomic mass is 16.5. The molecule has 2 heterocycles. The number of hydrogen-bond donors (Lipinski definition) is 1. The predicted molar refractivity (Wildman–Crippen MR) is 92.4 cm³/mol. The molecule has 0 saturated heterocycles. The number of aromatic nitrogens is 2. The average molecular weight is 341 g/mol. The molecule has 130 valence electrons. The molecule has 0 aliphatic rings. The molecule has 0 fully saturated rings. The first-order chi connectivity index (χ1) is 12.0. The molecule has 1 amide bonds. The van der Waals surface area contributed by atoms with Gasteiger partial charge in [0.15, 0.2) is 11.9 Å². The van der Waals surface area contributed by atoms with Gasteiger partial charge in [0.2, 0.25) is 0 Å². The lowest BCUT2D eigenvalue weighted by Crippen LogP contribution is -2.30. The standard InChI is InChI=1S/C18H19N3O4/c1-4-21-10-14(13-7-5-6-8-15(13)21)18(23)24-12(3)17(22)19-16-9-11(2)25-20-16/h5-10,12H,4H2,1-3H3,(H,19,20,22). The van der Waals surface area contributed by atoms with E-state index in [4.69, 9.17) is 9.26 Å². The molecule has 0 saturated carbocycles. The van der Waals surface area contributed by atoms with Gasteiger partial charge in [-0.1, -0.05) is 23.4 Å². The highest BCUT2D eigenvalue weighted by Gasteiger charge is 2.22. The van der Waals surface area contributed by atoms with Crippen molar-refractivity contribution in [2.24, 2.45) is 0 Å². The van der Waals surface area contributed by atoms with Gasteiger partial charge in [0.1, 0.15) is 5.76 Å². The highest BCUT2D eigenvalue weighted by Crippen LogP contribution is 2.22. The summed E-state index contributed by atoms with van der Waals surface area (Å²) in [7, 11) is 0. The number of nitrogens with one attached hydrogen (secondary N) is 1. The molecule has 1 N–H and O–H groups in total. The first kappa shape index (κ1) is 16.8. The number of amides is 1. The zero-order chi connectivity index (χ0) is 18.0. The Labute approximate surface area is 144 Å². The van der Waals surface area contributed by atoms with Gasteiger partial charge in [0, 0.05) is 29.7 Å². The molecule has 3 rings (SSSR count). The van der Waals surface area contributed by atoms with E-state index in [2.05, 4.69) is 10.5 Å². The summed E-state index contributed by atoms with van der Waals surface area (Å²) in [6.45, 7) is 5.96. The Bertz CT molecular complexity index is 925. The third-order valence-electron chi connectivity index (χ3n) is 3.88. The molecular formula is C18H19N3O4. The molecule has 1 atom stereocenters. The number of para-hydroxylation sites is 1. The van der Waals surface area contributed by atoms with E-state index in [9.17, 15) is 9.59 Å². The minimum Gasteiger partial charge on any atom is -0.449 e. The maximum Gasteiger partial charge on any atom is 0.341 e. The topological polar surface area (TPSA) is 86.4 Å². The smallest absolute Gasteiger partial charge is 0.341 e. The van der Waals surface area contributed by atoms with Gasteiger partial charge in [0.25, 0.3) is 5.91 Å². The maximum absolute atomic E-state index is 12.5. The van der Waals surface area contributed by atoms with Crippen LogP contribution in [0.1, 0.15) is 30.0 Å². The second-order valence-corrected chi connectivity index (χ2v) is 5.71. The maximum atomic E-state index is 12.5. The van der Waals surface area contributed by atoms with E-state index in [1.54, 1.807) is 19.2 Å². The molecule has 0 radical (unpaired) electrons. The van der Waals surface area contributed by atoms with Crippen LogP contribution < -0.4 is 5.32 Å². The highest BCUT2D eigenvalue weighted by molar-refractivity contribution is 6.05. The number of carbonyl (C=O) groups excluding carboxylic acids is 2. The quantitative estimate of drug-likeness (QED) is 0.721. The van der Waals surface area contributed by atoms with Crippen LogP contribution in [0.5, 0.6) is 0 Å². The summed E-state index contributed by atoms with van der Waals surface area (Å²) in [5.41, 5.74) is 1.39. The number of aryl methyl sites for hydroxylation is 2. The number of rotatable bonds is 5. The summed E-state index contributed by atoms with van der Waals surface area (Å²) in [5.74, 6) is -0.149. The Hall–Kier alpha value is -3.09. The Kier molecular flexibility index (Phi) is 4.56. The molecule has 7 nitrogen and oxygen atoms in total.